The molecule has 1 atom stereocenters. The van der Waals surface area contributed by atoms with Crippen molar-refractivity contribution in [2.24, 2.45) is 0 Å². The van der Waals surface area contributed by atoms with Gasteiger partial charge in [0, 0.05) is 19.7 Å². The number of ether oxygens (including phenoxy) is 2. The molecule has 0 aliphatic rings. The zero-order valence-electron chi connectivity index (χ0n) is 14.7. The van der Waals surface area contributed by atoms with Gasteiger partial charge in [-0.1, -0.05) is 13.0 Å². The summed E-state index contributed by atoms with van der Waals surface area (Å²) in [5.41, 5.74) is 0.735. The van der Waals surface area contributed by atoms with Crippen molar-refractivity contribution in [3.63, 3.8) is 0 Å². The van der Waals surface area contributed by atoms with Crippen molar-refractivity contribution in [3.05, 3.63) is 23.8 Å². The number of benzene rings is 1. The minimum atomic E-state index is -3.68. The fraction of sp³-hybridized carbons (Fsp3) is 0.562. The Balaban J connectivity index is 3.11. The third-order valence-electron chi connectivity index (χ3n) is 3.53. The monoisotopic (exact) mass is 359 g/mol. The predicted octanol–water partition coefficient (Wildman–Crippen LogP) is 1.81. The van der Waals surface area contributed by atoms with Crippen LogP contribution < -0.4 is 8.92 Å². The molecule has 0 aliphatic carbocycles. The van der Waals surface area contributed by atoms with Gasteiger partial charge < -0.3 is 18.6 Å². The van der Waals surface area contributed by atoms with Gasteiger partial charge in [-0.05, 0) is 31.0 Å². The van der Waals surface area contributed by atoms with E-state index < -0.39 is 10.1 Å². The standard InChI is InChI=1S/C16H25NO6S/c1-6-12(2)17(16(18)11-21-3)10-13-7-8-14(22-4)15(9-13)23-24(5,19)20/h7-9,12H,6,10-11H2,1-5H3/t12-/m0/s1. The van der Waals surface area contributed by atoms with Crippen molar-refractivity contribution in [1.82, 2.24) is 4.90 Å². The molecule has 0 saturated heterocycles. The highest BCUT2D eigenvalue weighted by molar-refractivity contribution is 7.86. The zero-order valence-corrected chi connectivity index (χ0v) is 15.6. The Bertz CT molecular complexity index is 659. The van der Waals surface area contributed by atoms with E-state index in [0.29, 0.717) is 12.3 Å². The Kier molecular flexibility index (Phi) is 7.50. The summed E-state index contributed by atoms with van der Waals surface area (Å²) >= 11 is 0. The van der Waals surface area contributed by atoms with Crippen LogP contribution in [0.25, 0.3) is 0 Å². The summed E-state index contributed by atoms with van der Waals surface area (Å²) in [6.45, 7) is 4.25. The van der Waals surface area contributed by atoms with Gasteiger partial charge in [-0.25, -0.2) is 0 Å². The van der Waals surface area contributed by atoms with Gasteiger partial charge in [-0.3, -0.25) is 4.79 Å². The summed E-state index contributed by atoms with van der Waals surface area (Å²) in [5.74, 6) is 0.275. The molecule has 0 fully saturated rings. The Morgan fingerprint density at radius 3 is 2.42 bits per heavy atom. The number of hydrogen-bond acceptors (Lipinski definition) is 6. The molecule has 24 heavy (non-hydrogen) atoms. The molecule has 0 saturated carbocycles. The Labute approximate surface area is 143 Å². The highest BCUT2D eigenvalue weighted by atomic mass is 32.2. The summed E-state index contributed by atoms with van der Waals surface area (Å²) in [6, 6.07) is 4.97. The first-order valence-corrected chi connectivity index (χ1v) is 9.38. The minimum Gasteiger partial charge on any atom is -0.493 e. The van der Waals surface area contributed by atoms with Crippen LogP contribution in [0.4, 0.5) is 0 Å². The molecule has 1 aromatic rings. The molecule has 0 aliphatic heterocycles. The molecule has 1 aromatic carbocycles. The van der Waals surface area contributed by atoms with Crippen LogP contribution in [0.3, 0.4) is 0 Å². The number of rotatable bonds is 9. The van der Waals surface area contributed by atoms with Gasteiger partial charge in [0.1, 0.15) is 6.61 Å². The second-order valence-electron chi connectivity index (χ2n) is 5.48. The van der Waals surface area contributed by atoms with E-state index >= 15 is 0 Å². The first-order chi connectivity index (χ1) is 11.2. The van der Waals surface area contributed by atoms with Gasteiger partial charge in [-0.2, -0.15) is 8.42 Å². The lowest BCUT2D eigenvalue weighted by Gasteiger charge is -2.28. The first-order valence-electron chi connectivity index (χ1n) is 7.56. The summed E-state index contributed by atoms with van der Waals surface area (Å²) in [5, 5.41) is 0. The van der Waals surface area contributed by atoms with Crippen molar-refractivity contribution in [3.8, 4) is 11.5 Å². The fourth-order valence-corrected chi connectivity index (χ4v) is 2.62. The fourth-order valence-electron chi connectivity index (χ4n) is 2.16. The van der Waals surface area contributed by atoms with E-state index in [1.807, 2.05) is 13.8 Å². The van der Waals surface area contributed by atoms with E-state index in [2.05, 4.69) is 0 Å². The third-order valence-corrected chi connectivity index (χ3v) is 4.02. The molecule has 1 amide bonds. The number of hydrogen-bond donors (Lipinski definition) is 0. The molecular formula is C16H25NO6S. The van der Waals surface area contributed by atoms with Crippen LogP contribution in [0, 0.1) is 0 Å². The van der Waals surface area contributed by atoms with Gasteiger partial charge in [0.2, 0.25) is 5.91 Å². The van der Waals surface area contributed by atoms with Crippen molar-refractivity contribution < 1.29 is 26.9 Å². The van der Waals surface area contributed by atoms with Crippen molar-refractivity contribution >= 4 is 16.0 Å². The average molecular weight is 359 g/mol. The lowest BCUT2D eigenvalue weighted by molar-refractivity contribution is -0.138. The van der Waals surface area contributed by atoms with E-state index in [0.717, 1.165) is 18.2 Å². The summed E-state index contributed by atoms with van der Waals surface area (Å²) in [7, 11) is -0.783. The number of carbonyl (C=O) groups is 1. The second-order valence-corrected chi connectivity index (χ2v) is 7.06. The molecule has 7 nitrogen and oxygen atoms in total. The largest absolute Gasteiger partial charge is 0.493 e. The van der Waals surface area contributed by atoms with E-state index in [9.17, 15) is 13.2 Å². The number of amides is 1. The third kappa shape index (κ3) is 6.01. The smallest absolute Gasteiger partial charge is 0.306 e. The number of methoxy groups -OCH3 is 2. The predicted molar refractivity (Wildman–Crippen MR) is 90.6 cm³/mol. The van der Waals surface area contributed by atoms with Gasteiger partial charge in [0.25, 0.3) is 0 Å². The summed E-state index contributed by atoms with van der Waals surface area (Å²) in [6.07, 6.45) is 1.75. The molecule has 0 radical (unpaired) electrons. The van der Waals surface area contributed by atoms with Crippen molar-refractivity contribution in [1.29, 1.82) is 0 Å². The van der Waals surface area contributed by atoms with Gasteiger partial charge in [0.15, 0.2) is 11.5 Å². The molecular weight excluding hydrogens is 334 g/mol. The Hall–Kier alpha value is -1.80. The number of carbonyl (C=O) groups excluding carboxylic acids is 1. The average Bonchev–Trinajstić information content (AvgIpc) is 2.50. The minimum absolute atomic E-state index is 0.00675. The maximum Gasteiger partial charge on any atom is 0.306 e. The molecule has 0 spiro atoms. The van der Waals surface area contributed by atoms with Crippen LogP contribution in [0.5, 0.6) is 11.5 Å². The van der Waals surface area contributed by atoms with Crippen LogP contribution in [-0.4, -0.2) is 52.3 Å². The second kappa shape index (κ2) is 8.89. The van der Waals surface area contributed by atoms with Gasteiger partial charge in [0.05, 0.1) is 13.4 Å². The highest BCUT2D eigenvalue weighted by Gasteiger charge is 2.20. The van der Waals surface area contributed by atoms with E-state index in [1.54, 1.807) is 23.1 Å². The Morgan fingerprint density at radius 1 is 1.25 bits per heavy atom. The molecule has 0 heterocycles. The lowest BCUT2D eigenvalue weighted by atomic mass is 10.1. The Morgan fingerprint density at radius 2 is 1.92 bits per heavy atom. The zero-order chi connectivity index (χ0) is 18.3. The quantitative estimate of drug-likeness (QED) is 0.626. The summed E-state index contributed by atoms with van der Waals surface area (Å²) in [4.78, 5) is 13.9. The number of nitrogens with zero attached hydrogens (tertiary/aromatic N) is 1. The van der Waals surface area contributed by atoms with E-state index in [1.165, 1.54) is 14.2 Å². The summed E-state index contributed by atoms with van der Waals surface area (Å²) < 4.78 is 37.8. The molecule has 8 heteroatoms. The van der Waals surface area contributed by atoms with E-state index in [4.69, 9.17) is 13.7 Å². The van der Waals surface area contributed by atoms with Crippen LogP contribution in [-0.2, 0) is 26.2 Å². The maximum absolute atomic E-state index is 12.2. The van der Waals surface area contributed by atoms with Crippen LogP contribution in [0.15, 0.2) is 18.2 Å². The van der Waals surface area contributed by atoms with Crippen LogP contribution in [0.2, 0.25) is 0 Å². The first kappa shape index (κ1) is 20.2. The lowest BCUT2D eigenvalue weighted by Crippen LogP contribution is -2.39. The van der Waals surface area contributed by atoms with Crippen molar-refractivity contribution in [2.75, 3.05) is 27.1 Å². The van der Waals surface area contributed by atoms with Crippen molar-refractivity contribution in [2.45, 2.75) is 32.9 Å². The molecule has 0 bridgehead atoms. The molecule has 1 rings (SSSR count). The van der Waals surface area contributed by atoms with Gasteiger partial charge >= 0.3 is 10.1 Å². The molecule has 0 aromatic heterocycles. The molecule has 0 unspecified atom stereocenters. The normalized spacial score (nSPS) is 12.5. The van der Waals surface area contributed by atoms with E-state index in [-0.39, 0.29) is 24.3 Å². The van der Waals surface area contributed by atoms with Gasteiger partial charge in [-0.15, -0.1) is 0 Å². The molecule has 0 N–H and O–H groups in total. The highest BCUT2D eigenvalue weighted by Crippen LogP contribution is 2.30. The maximum atomic E-state index is 12.2. The van der Waals surface area contributed by atoms with Crippen LogP contribution >= 0.6 is 0 Å². The SMILES string of the molecule is CC[C@H](C)N(Cc1ccc(OC)c(OS(C)(=O)=O)c1)C(=O)COC. The molecule has 136 valence electrons. The van der Waals surface area contributed by atoms with Crippen LogP contribution in [0.1, 0.15) is 25.8 Å². The topological polar surface area (TPSA) is 82.1 Å².